The summed E-state index contributed by atoms with van der Waals surface area (Å²) in [5.41, 5.74) is -6.51. The first-order valence-electron chi connectivity index (χ1n) is 28.8. The normalized spacial score (nSPS) is 14.2. The topological polar surface area (TPSA) is 297 Å². The van der Waals surface area contributed by atoms with Crippen molar-refractivity contribution in [2.45, 2.75) is 306 Å². The summed E-state index contributed by atoms with van der Waals surface area (Å²) < 4.78 is 29.9. The molecule has 1 aromatic heterocycles. The average Bonchev–Trinajstić information content (AvgIpc) is 3.25. The van der Waals surface area contributed by atoms with Crippen LogP contribution in [0.15, 0.2) is 12.3 Å². The predicted molar refractivity (Wildman–Crippen MR) is 310 cm³/mol. The zero-order valence-corrected chi connectivity index (χ0v) is 54.9. The van der Waals surface area contributed by atoms with Crippen LogP contribution in [0, 0.1) is 0 Å². The highest BCUT2D eigenvalue weighted by molar-refractivity contribution is 5.82. The number of carbonyl (C=O) groups excluding carboxylic acids is 5. The smallest absolute Gasteiger partial charge is 0.435 e. The summed E-state index contributed by atoms with van der Waals surface area (Å²) in [6.07, 6.45) is -2.09. The van der Waals surface area contributed by atoms with E-state index < -0.39 is 117 Å². The molecular weight excluding hydrogens is 1090 g/mol. The summed E-state index contributed by atoms with van der Waals surface area (Å²) in [6.45, 7) is 39.7. The Labute approximate surface area is 498 Å². The molecule has 4 atom stereocenters. The molecule has 84 heavy (non-hydrogen) atoms. The van der Waals surface area contributed by atoms with E-state index in [1.54, 1.807) is 178 Å². The molecule has 4 amide bonds. The zero-order chi connectivity index (χ0) is 65.5. The van der Waals surface area contributed by atoms with Crippen LogP contribution in [0.5, 0.6) is 0 Å². The number of aryl methyl sites for hydroxylation is 3. The molecule has 24 nitrogen and oxygen atoms in total. The van der Waals surface area contributed by atoms with Gasteiger partial charge in [0.25, 0.3) is 0 Å². The Kier molecular flexibility index (Phi) is 27.5. The van der Waals surface area contributed by atoms with Gasteiger partial charge < -0.3 is 44.3 Å². The number of aromatic nitrogens is 1. The van der Waals surface area contributed by atoms with E-state index in [0.717, 1.165) is 5.06 Å². The summed E-state index contributed by atoms with van der Waals surface area (Å²) >= 11 is 0. The highest BCUT2D eigenvalue weighted by atomic mass is 16.8. The number of esters is 1. The van der Waals surface area contributed by atoms with Gasteiger partial charge >= 0.3 is 48.3 Å². The number of carboxylic acid groups (broad SMARTS) is 3. The van der Waals surface area contributed by atoms with E-state index >= 15 is 0 Å². The molecule has 0 aliphatic carbocycles. The van der Waals surface area contributed by atoms with Gasteiger partial charge in [-0.15, -0.1) is 0 Å². The Balaban J connectivity index is 4.42. The number of hydroxylamine groups is 6. The zero-order valence-electron chi connectivity index (χ0n) is 54.9. The van der Waals surface area contributed by atoms with E-state index in [9.17, 15) is 53.7 Å². The van der Waals surface area contributed by atoms with Gasteiger partial charge in [0.2, 0.25) is 0 Å². The van der Waals surface area contributed by atoms with Gasteiger partial charge in [-0.1, -0.05) is 0 Å². The van der Waals surface area contributed by atoms with Crippen molar-refractivity contribution in [3.63, 3.8) is 0 Å². The number of alkyl carbamates (subject to hydrolysis) is 1. The maximum Gasteiger partial charge on any atom is 0.435 e. The van der Waals surface area contributed by atoms with Crippen LogP contribution >= 0.6 is 0 Å². The van der Waals surface area contributed by atoms with Gasteiger partial charge in [-0.3, -0.25) is 14.5 Å². The van der Waals surface area contributed by atoms with Crippen LogP contribution in [0.4, 0.5) is 19.2 Å². The van der Waals surface area contributed by atoms with Gasteiger partial charge in [0, 0.05) is 24.0 Å². The Bertz CT molecular complexity index is 2390. The third-order valence-electron chi connectivity index (χ3n) is 10.7. The molecule has 482 valence electrons. The summed E-state index contributed by atoms with van der Waals surface area (Å²) in [5.74, 6) is -4.90. The van der Waals surface area contributed by atoms with Crippen LogP contribution in [0.3, 0.4) is 0 Å². The monoisotopic (exact) mass is 1200 g/mol. The fourth-order valence-electron chi connectivity index (χ4n) is 7.94. The predicted octanol–water partition coefficient (Wildman–Crippen LogP) is 10.8. The number of unbranched alkanes of at least 4 members (excludes halogenated alkanes) is 1. The highest BCUT2D eigenvalue weighted by Crippen LogP contribution is 2.27. The van der Waals surface area contributed by atoms with Gasteiger partial charge in [-0.05, 0) is 224 Å². The van der Waals surface area contributed by atoms with Gasteiger partial charge in [-0.25, -0.2) is 42.9 Å². The lowest BCUT2D eigenvalue weighted by Crippen LogP contribution is -2.50. The molecule has 4 N–H and O–H groups in total. The third-order valence-corrected chi connectivity index (χ3v) is 10.7. The number of aliphatic carboxylic acids is 3. The second kappa shape index (κ2) is 30.4. The molecule has 0 aliphatic rings. The fourth-order valence-corrected chi connectivity index (χ4v) is 7.94. The fraction of sp³-hybridized carbons (Fsp3) is 0.783. The number of ether oxygens (including phenoxy) is 5. The summed E-state index contributed by atoms with van der Waals surface area (Å²) in [6, 6.07) is -4.19. The standard InChI is InChI=1S/C60H103N5O19/c1-53(2,3)77-48(72)40(61-49(73)78-54(4,5)6)28-25-26-35-62-37-38(31-33-43(46(68)69)64(83-59(19,20)21)51(75)80-56(10,11)12)36-39(32-34-44(47(70)71)65(84-60(22,23)24)52(76)81-57(13,14)15)41(62)29-27-30-42(45(66)67)63(82-58(16,17)18)50(74)79-55(7,8)9/h36-37,40,42-44H,25-35H2,1-24H3,(H3-,61,66,67,68,69,70,71,73)/p+1/t40-,42-,43-,44-/m0/s1. The minimum atomic E-state index is -1.65. The number of hydrogen-bond donors (Lipinski definition) is 4. The number of nitrogens with zero attached hydrogens (tertiary/aromatic N) is 4. The number of amides is 4. The number of carboxylic acids is 3. The van der Waals surface area contributed by atoms with E-state index in [1.807, 2.05) is 4.57 Å². The highest BCUT2D eigenvalue weighted by Gasteiger charge is 2.41. The second-order valence-electron chi connectivity index (χ2n) is 28.8. The van der Waals surface area contributed by atoms with E-state index in [0.29, 0.717) is 39.8 Å². The van der Waals surface area contributed by atoms with Crippen LogP contribution in [-0.2, 0) is 83.2 Å². The van der Waals surface area contributed by atoms with Crippen LogP contribution in [-0.4, -0.2) is 148 Å². The molecule has 1 rings (SSSR count). The molecule has 0 saturated carbocycles. The van der Waals surface area contributed by atoms with Gasteiger partial charge in [0.15, 0.2) is 30.0 Å². The van der Waals surface area contributed by atoms with Gasteiger partial charge in [-0.2, -0.15) is 15.2 Å². The Hall–Kier alpha value is -6.01. The summed E-state index contributed by atoms with van der Waals surface area (Å²) in [7, 11) is 0. The third kappa shape index (κ3) is 31.2. The quantitative estimate of drug-likeness (QED) is 0.0220. The molecule has 0 radical (unpaired) electrons. The molecule has 0 saturated heterocycles. The van der Waals surface area contributed by atoms with Crippen LogP contribution < -0.4 is 9.88 Å². The van der Waals surface area contributed by atoms with Crippen molar-refractivity contribution in [1.29, 1.82) is 0 Å². The Morgan fingerprint density at radius 3 is 1.14 bits per heavy atom. The molecule has 0 fully saturated rings. The minimum Gasteiger partial charge on any atom is -0.480 e. The van der Waals surface area contributed by atoms with E-state index in [2.05, 4.69) is 5.32 Å². The number of hydrogen-bond acceptors (Lipinski definition) is 16. The number of nitrogens with one attached hydrogen (secondary N) is 1. The van der Waals surface area contributed by atoms with Crippen LogP contribution in [0.2, 0.25) is 0 Å². The van der Waals surface area contributed by atoms with Crippen LogP contribution in [0.25, 0.3) is 0 Å². The van der Waals surface area contributed by atoms with Gasteiger partial charge in [0.05, 0.1) is 16.8 Å². The molecule has 0 unspecified atom stereocenters. The van der Waals surface area contributed by atoms with E-state index in [-0.39, 0.29) is 57.9 Å². The van der Waals surface area contributed by atoms with Crippen molar-refractivity contribution in [2.75, 3.05) is 0 Å². The SMILES string of the molecule is CC(C)(C)OC(=O)N[C@@H](CCCC[n+]1cc(CC[C@@H](C(=O)O)N(OC(C)(C)C)C(=O)OC(C)(C)C)cc(CC[C@@H](C(=O)O)N(OC(C)(C)C)C(=O)OC(C)(C)C)c1CCC[C@@H](C(=O)O)N(OC(C)(C)C)C(=O)OC(C)(C)C)C(=O)OC(C)(C)C. The molecule has 1 heterocycles. The van der Waals surface area contributed by atoms with Crippen molar-refractivity contribution < 1.29 is 96.4 Å². The van der Waals surface area contributed by atoms with Crippen molar-refractivity contribution in [3.05, 3.63) is 29.1 Å². The van der Waals surface area contributed by atoms with Crippen LogP contribution in [0.1, 0.15) is 228 Å². The molecule has 24 heteroatoms. The summed E-state index contributed by atoms with van der Waals surface area (Å²) in [4.78, 5) is 126. The molecule has 0 spiro atoms. The Morgan fingerprint density at radius 1 is 0.440 bits per heavy atom. The van der Waals surface area contributed by atoms with Crippen molar-refractivity contribution >= 4 is 48.3 Å². The maximum absolute atomic E-state index is 13.9. The average molecular weight is 1200 g/mol. The van der Waals surface area contributed by atoms with Crippen molar-refractivity contribution in [3.8, 4) is 0 Å². The van der Waals surface area contributed by atoms with Gasteiger partial charge in [0.1, 0.15) is 40.6 Å². The lowest BCUT2D eigenvalue weighted by molar-refractivity contribution is -0.705. The van der Waals surface area contributed by atoms with E-state index in [4.69, 9.17) is 38.2 Å². The van der Waals surface area contributed by atoms with E-state index in [1.165, 1.54) is 0 Å². The second-order valence-corrected chi connectivity index (χ2v) is 28.8. The summed E-state index contributed by atoms with van der Waals surface area (Å²) in [5, 5.41) is 37.1. The number of carbonyl (C=O) groups is 8. The molecule has 1 aromatic rings. The molecule has 0 aromatic carbocycles. The Morgan fingerprint density at radius 2 is 0.798 bits per heavy atom. The first kappa shape index (κ1) is 76.0. The largest absolute Gasteiger partial charge is 0.480 e. The lowest BCUT2D eigenvalue weighted by Gasteiger charge is -2.35. The maximum atomic E-state index is 13.9. The first-order valence-corrected chi connectivity index (χ1v) is 28.8. The number of rotatable bonds is 26. The molecular formula is C60H104N5O19+. The molecule has 0 aliphatic heterocycles. The van der Waals surface area contributed by atoms with Crippen molar-refractivity contribution in [1.82, 2.24) is 20.5 Å². The van der Waals surface area contributed by atoms with Crippen molar-refractivity contribution in [2.24, 2.45) is 0 Å². The lowest BCUT2D eigenvalue weighted by atomic mass is 9.95. The minimum absolute atomic E-state index is 0.0207. The molecule has 0 bridgehead atoms. The first-order chi connectivity index (χ1) is 37.7. The number of pyridine rings is 1.